The van der Waals surface area contributed by atoms with Gasteiger partial charge in [0.15, 0.2) is 5.96 Å². The Morgan fingerprint density at radius 1 is 1.28 bits per heavy atom. The van der Waals surface area contributed by atoms with Crippen molar-refractivity contribution >= 4 is 40.7 Å². The number of hydrogen-bond acceptors (Lipinski definition) is 3. The van der Waals surface area contributed by atoms with E-state index in [1.807, 2.05) is 25.1 Å². The van der Waals surface area contributed by atoms with Crippen molar-refractivity contribution in [2.24, 2.45) is 10.9 Å². The molecule has 5 nitrogen and oxygen atoms in total. The number of halogens is 1. The molecule has 29 heavy (non-hydrogen) atoms. The minimum atomic E-state index is -0.712. The van der Waals surface area contributed by atoms with Gasteiger partial charge in [-0.1, -0.05) is 45.4 Å². The van der Waals surface area contributed by atoms with E-state index in [9.17, 15) is 4.21 Å². The smallest absolute Gasteiger partial charge is 0.191 e. The molecule has 0 saturated heterocycles. The lowest BCUT2D eigenvalue weighted by Crippen LogP contribution is -2.46. The highest BCUT2D eigenvalue weighted by Crippen LogP contribution is 2.23. The molecule has 2 rings (SSSR count). The standard InChI is InChI=1S/C22H37N3O2S.HI/c1-5-23-22(25-19-11-9-12-20(14-19)28(26)6-2)24-15-18-10-7-8-13-21(18)27-16-17(3)4;/h7-8,10,13,17,19-20H,5-6,9,11-12,14-16H2,1-4H3,(H2,23,24,25);1H. The van der Waals surface area contributed by atoms with Crippen LogP contribution in [-0.2, 0) is 17.3 Å². The summed E-state index contributed by atoms with van der Waals surface area (Å²) in [5, 5.41) is 7.23. The number of ether oxygens (including phenoxy) is 1. The fourth-order valence-corrected chi connectivity index (χ4v) is 4.81. The molecule has 0 heterocycles. The fraction of sp³-hybridized carbons (Fsp3) is 0.682. The van der Waals surface area contributed by atoms with Crippen LogP contribution in [0.2, 0.25) is 0 Å². The number of nitrogens with zero attached hydrogens (tertiary/aromatic N) is 1. The van der Waals surface area contributed by atoms with Crippen LogP contribution in [0.4, 0.5) is 0 Å². The average molecular weight is 536 g/mol. The first-order valence-corrected chi connectivity index (χ1v) is 12.0. The molecule has 3 atom stereocenters. The molecule has 166 valence electrons. The third-order valence-electron chi connectivity index (χ3n) is 4.92. The van der Waals surface area contributed by atoms with Gasteiger partial charge in [-0.05, 0) is 38.2 Å². The van der Waals surface area contributed by atoms with Crippen LogP contribution >= 0.6 is 24.0 Å². The number of aliphatic imine (C=N–C) groups is 1. The number of para-hydroxylation sites is 1. The Morgan fingerprint density at radius 3 is 2.72 bits per heavy atom. The molecule has 0 spiro atoms. The van der Waals surface area contributed by atoms with Gasteiger partial charge in [0.1, 0.15) is 5.75 Å². The van der Waals surface area contributed by atoms with Crippen molar-refractivity contribution in [3.05, 3.63) is 29.8 Å². The van der Waals surface area contributed by atoms with Gasteiger partial charge < -0.3 is 15.4 Å². The van der Waals surface area contributed by atoms with E-state index in [-0.39, 0.29) is 24.0 Å². The largest absolute Gasteiger partial charge is 0.493 e. The lowest BCUT2D eigenvalue weighted by molar-refractivity contribution is 0.268. The van der Waals surface area contributed by atoms with Crippen molar-refractivity contribution < 1.29 is 8.95 Å². The number of guanidine groups is 1. The Bertz CT molecular complexity index is 655. The van der Waals surface area contributed by atoms with Crippen molar-refractivity contribution in [1.29, 1.82) is 0 Å². The second kappa shape index (κ2) is 14.2. The van der Waals surface area contributed by atoms with E-state index in [0.29, 0.717) is 30.4 Å². The van der Waals surface area contributed by atoms with Crippen LogP contribution in [0.25, 0.3) is 0 Å². The van der Waals surface area contributed by atoms with Gasteiger partial charge >= 0.3 is 0 Å². The fourth-order valence-electron chi connectivity index (χ4n) is 3.46. The summed E-state index contributed by atoms with van der Waals surface area (Å²) in [5.74, 6) is 2.98. The second-order valence-electron chi connectivity index (χ2n) is 7.81. The highest BCUT2D eigenvalue weighted by atomic mass is 127. The molecule has 0 aromatic heterocycles. The van der Waals surface area contributed by atoms with E-state index in [1.165, 1.54) is 0 Å². The minimum Gasteiger partial charge on any atom is -0.493 e. The molecule has 0 aliphatic heterocycles. The first-order valence-electron chi connectivity index (χ1n) is 10.7. The van der Waals surface area contributed by atoms with Crippen molar-refractivity contribution in [2.75, 3.05) is 18.9 Å². The molecule has 0 bridgehead atoms. The summed E-state index contributed by atoms with van der Waals surface area (Å²) in [5.41, 5.74) is 1.09. The van der Waals surface area contributed by atoms with Crippen molar-refractivity contribution in [3.63, 3.8) is 0 Å². The predicted octanol–water partition coefficient (Wildman–Crippen LogP) is 4.47. The maximum atomic E-state index is 12.2. The Morgan fingerprint density at radius 2 is 2.03 bits per heavy atom. The zero-order valence-electron chi connectivity index (χ0n) is 18.3. The van der Waals surface area contributed by atoms with Crippen molar-refractivity contribution in [3.8, 4) is 5.75 Å². The van der Waals surface area contributed by atoms with Gasteiger partial charge in [-0.15, -0.1) is 24.0 Å². The Balaban J connectivity index is 0.00000420. The maximum absolute atomic E-state index is 12.2. The normalized spacial score (nSPS) is 20.7. The zero-order valence-corrected chi connectivity index (χ0v) is 21.4. The zero-order chi connectivity index (χ0) is 20.4. The molecule has 1 aliphatic carbocycles. The van der Waals surface area contributed by atoms with Crippen LogP contribution in [0.15, 0.2) is 29.3 Å². The second-order valence-corrected chi connectivity index (χ2v) is 9.81. The summed E-state index contributed by atoms with van der Waals surface area (Å²) in [6.07, 6.45) is 4.26. The summed E-state index contributed by atoms with van der Waals surface area (Å²) in [6.45, 7) is 10.5. The first kappa shape index (κ1) is 26.2. The van der Waals surface area contributed by atoms with E-state index in [1.54, 1.807) is 0 Å². The van der Waals surface area contributed by atoms with Crippen LogP contribution in [0, 0.1) is 5.92 Å². The number of rotatable bonds is 9. The van der Waals surface area contributed by atoms with Crippen LogP contribution in [0.3, 0.4) is 0 Å². The summed E-state index contributed by atoms with van der Waals surface area (Å²) < 4.78 is 18.2. The highest BCUT2D eigenvalue weighted by Gasteiger charge is 2.26. The third-order valence-corrected chi connectivity index (χ3v) is 6.66. The SMILES string of the molecule is CCNC(=NCc1ccccc1OCC(C)C)NC1CCCC(S(=O)CC)C1.I. The molecule has 3 unspecified atom stereocenters. The van der Waals surface area contributed by atoms with Gasteiger partial charge in [0.05, 0.1) is 13.2 Å². The molecule has 0 amide bonds. The van der Waals surface area contributed by atoms with Gasteiger partial charge in [0, 0.05) is 40.0 Å². The molecule has 7 heteroatoms. The highest BCUT2D eigenvalue weighted by molar-refractivity contribution is 14.0. The number of nitrogens with one attached hydrogen (secondary N) is 2. The molecule has 1 aliphatic rings. The molecule has 1 aromatic carbocycles. The van der Waals surface area contributed by atoms with Crippen LogP contribution in [0.5, 0.6) is 5.75 Å². The van der Waals surface area contributed by atoms with Gasteiger partial charge in [-0.2, -0.15) is 0 Å². The van der Waals surface area contributed by atoms with E-state index in [0.717, 1.165) is 55.3 Å². The van der Waals surface area contributed by atoms with Gasteiger partial charge in [0.25, 0.3) is 0 Å². The predicted molar refractivity (Wildman–Crippen MR) is 135 cm³/mol. The lowest BCUT2D eigenvalue weighted by Gasteiger charge is -2.30. The molecule has 1 fully saturated rings. The number of benzene rings is 1. The average Bonchev–Trinajstić information content (AvgIpc) is 2.70. The van der Waals surface area contributed by atoms with Gasteiger partial charge in [-0.3, -0.25) is 4.21 Å². The molecule has 1 aromatic rings. The van der Waals surface area contributed by atoms with Crippen molar-refractivity contribution in [2.45, 2.75) is 71.2 Å². The molecular formula is C22H38IN3O2S. The Hall–Kier alpha value is -0.830. The molecule has 2 N–H and O–H groups in total. The summed E-state index contributed by atoms with van der Waals surface area (Å²) in [6, 6.07) is 8.45. The lowest BCUT2D eigenvalue weighted by atomic mass is 9.95. The topological polar surface area (TPSA) is 62.7 Å². The van der Waals surface area contributed by atoms with E-state index in [2.05, 4.69) is 37.5 Å². The van der Waals surface area contributed by atoms with Crippen LogP contribution < -0.4 is 15.4 Å². The van der Waals surface area contributed by atoms with Crippen LogP contribution in [-0.4, -0.2) is 40.4 Å². The minimum absolute atomic E-state index is 0. The van der Waals surface area contributed by atoms with Gasteiger partial charge in [0.2, 0.25) is 0 Å². The molecule has 1 saturated carbocycles. The maximum Gasteiger partial charge on any atom is 0.191 e. The summed E-state index contributed by atoms with van der Waals surface area (Å²) >= 11 is 0. The molecule has 0 radical (unpaired) electrons. The van der Waals surface area contributed by atoms with Crippen molar-refractivity contribution in [1.82, 2.24) is 10.6 Å². The van der Waals surface area contributed by atoms with Crippen LogP contribution in [0.1, 0.15) is 58.9 Å². The van der Waals surface area contributed by atoms with Gasteiger partial charge in [-0.25, -0.2) is 4.99 Å². The summed E-state index contributed by atoms with van der Waals surface area (Å²) in [7, 11) is -0.712. The Kier molecular flexibility index (Phi) is 12.9. The van der Waals surface area contributed by atoms with E-state index >= 15 is 0 Å². The third kappa shape index (κ3) is 9.24. The molecular weight excluding hydrogens is 497 g/mol. The first-order chi connectivity index (χ1) is 13.5. The Labute approximate surface area is 196 Å². The quantitative estimate of drug-likeness (QED) is 0.278. The number of hydrogen-bond donors (Lipinski definition) is 2. The monoisotopic (exact) mass is 535 g/mol. The summed E-state index contributed by atoms with van der Waals surface area (Å²) in [4.78, 5) is 4.79. The van der Waals surface area contributed by atoms with E-state index in [4.69, 9.17) is 9.73 Å². The van der Waals surface area contributed by atoms with E-state index < -0.39 is 10.8 Å².